The molecule has 1 unspecified atom stereocenters. The Kier molecular flexibility index (Phi) is 10.1. The van der Waals surface area contributed by atoms with E-state index in [9.17, 15) is 0 Å². The Hall–Kier alpha value is -2.83. The maximum atomic E-state index is 2.78. The summed E-state index contributed by atoms with van der Waals surface area (Å²) in [5.41, 5.74) is 22.1. The van der Waals surface area contributed by atoms with E-state index < -0.39 is 21.3 Å². The first-order chi connectivity index (χ1) is 23.6. The molecular formula is C49H52Cl2Zr. The van der Waals surface area contributed by atoms with Gasteiger partial charge in [-0.05, 0) is 0 Å². The molecule has 1 atom stereocenters. The van der Waals surface area contributed by atoms with Gasteiger partial charge in [-0.3, -0.25) is 0 Å². The van der Waals surface area contributed by atoms with Crippen LogP contribution in [0.2, 0.25) is 0 Å². The van der Waals surface area contributed by atoms with Crippen molar-refractivity contribution in [3.05, 3.63) is 153 Å². The van der Waals surface area contributed by atoms with E-state index >= 15 is 0 Å². The smallest absolute Gasteiger partial charge is 1.00 e. The molecule has 0 heterocycles. The Morgan fingerprint density at radius 2 is 1.31 bits per heavy atom. The van der Waals surface area contributed by atoms with E-state index in [1.54, 1.807) is 6.56 Å². The van der Waals surface area contributed by atoms with Gasteiger partial charge < -0.3 is 24.8 Å². The molecule has 0 saturated heterocycles. The molecule has 0 amide bonds. The van der Waals surface area contributed by atoms with E-state index in [4.69, 9.17) is 0 Å². The molecular weight excluding hydrogens is 751 g/mol. The van der Waals surface area contributed by atoms with Gasteiger partial charge in [-0.1, -0.05) is 0 Å². The number of benzene rings is 4. The van der Waals surface area contributed by atoms with Crippen molar-refractivity contribution in [3.8, 4) is 11.1 Å². The summed E-state index contributed by atoms with van der Waals surface area (Å²) in [4.78, 5) is 0. The molecule has 0 saturated carbocycles. The minimum Gasteiger partial charge on any atom is -1.00 e. The third kappa shape index (κ3) is 6.12. The quantitative estimate of drug-likeness (QED) is 0.189. The summed E-state index contributed by atoms with van der Waals surface area (Å²) >= 11 is -2.65. The molecule has 0 bridgehead atoms. The summed E-state index contributed by atoms with van der Waals surface area (Å²) in [7, 11) is 0. The van der Waals surface area contributed by atoms with Crippen LogP contribution in [0.15, 0.2) is 103 Å². The van der Waals surface area contributed by atoms with Crippen LogP contribution in [0.1, 0.15) is 126 Å². The van der Waals surface area contributed by atoms with Crippen LogP contribution in [-0.2, 0) is 43.9 Å². The number of halogens is 2. The minimum absolute atomic E-state index is 0. The van der Waals surface area contributed by atoms with Crippen molar-refractivity contribution in [1.29, 1.82) is 0 Å². The van der Waals surface area contributed by atoms with Crippen molar-refractivity contribution in [1.82, 2.24) is 0 Å². The first-order valence-corrected chi connectivity index (χ1v) is 22.5. The fraction of sp³-hybridized carbons (Fsp3) is 0.327. The Morgan fingerprint density at radius 1 is 0.712 bits per heavy atom. The second kappa shape index (κ2) is 13.5. The molecule has 4 aliphatic carbocycles. The van der Waals surface area contributed by atoms with Gasteiger partial charge in [-0.25, -0.2) is 0 Å². The van der Waals surface area contributed by atoms with Crippen LogP contribution < -0.4 is 24.8 Å². The molecule has 0 radical (unpaired) electrons. The molecule has 0 spiro atoms. The zero-order chi connectivity index (χ0) is 35.5. The van der Waals surface area contributed by atoms with Crippen molar-refractivity contribution >= 4 is 20.4 Å². The average Bonchev–Trinajstić information content (AvgIpc) is 3.70. The Balaban J connectivity index is 0.00000232. The maximum Gasteiger partial charge on any atom is -1.00 e. The van der Waals surface area contributed by atoms with Crippen LogP contribution in [-0.4, -0.2) is 3.71 Å². The zero-order valence-corrected chi connectivity index (χ0v) is 36.7. The Labute approximate surface area is 333 Å². The van der Waals surface area contributed by atoms with Crippen LogP contribution >= 0.6 is 0 Å². The molecule has 3 heteroatoms. The number of rotatable bonds is 4. The summed E-state index contributed by atoms with van der Waals surface area (Å²) in [6, 6.07) is 30.9. The van der Waals surface area contributed by atoms with Gasteiger partial charge in [0.15, 0.2) is 0 Å². The van der Waals surface area contributed by atoms with Gasteiger partial charge in [0.25, 0.3) is 0 Å². The predicted molar refractivity (Wildman–Crippen MR) is 214 cm³/mol. The summed E-state index contributed by atoms with van der Waals surface area (Å²) in [5, 5.41) is 0. The van der Waals surface area contributed by atoms with E-state index in [1.165, 1.54) is 83.5 Å². The molecule has 0 aliphatic heterocycles. The molecule has 0 nitrogen and oxygen atoms in total. The molecule has 4 aromatic carbocycles. The maximum absolute atomic E-state index is 2.78. The fourth-order valence-electron chi connectivity index (χ4n) is 9.80. The molecule has 0 fully saturated rings. The normalized spacial score (nSPS) is 19.0. The number of allylic oxidation sites excluding steroid dienone is 8. The van der Waals surface area contributed by atoms with Crippen molar-refractivity contribution in [3.63, 3.8) is 0 Å². The molecule has 266 valence electrons. The second-order valence-electron chi connectivity index (χ2n) is 17.7. The second-order valence-corrected chi connectivity index (χ2v) is 23.0. The topological polar surface area (TPSA) is 0 Å². The van der Waals surface area contributed by atoms with Gasteiger partial charge >= 0.3 is 311 Å². The van der Waals surface area contributed by atoms with Crippen LogP contribution in [0.4, 0.5) is 0 Å². The van der Waals surface area contributed by atoms with Crippen LogP contribution in [0.3, 0.4) is 0 Å². The largest absolute Gasteiger partial charge is 1.00 e. The van der Waals surface area contributed by atoms with Crippen LogP contribution in [0, 0.1) is 5.92 Å². The summed E-state index contributed by atoms with van der Waals surface area (Å²) in [5.74, 6) is 0.434. The van der Waals surface area contributed by atoms with E-state index in [0.29, 0.717) is 5.92 Å². The van der Waals surface area contributed by atoms with E-state index in [0.717, 1.165) is 6.42 Å². The summed E-state index contributed by atoms with van der Waals surface area (Å²) < 4.78 is 6.26. The van der Waals surface area contributed by atoms with E-state index in [-0.39, 0.29) is 41.1 Å². The fourth-order valence-corrected chi connectivity index (χ4v) is 18.5. The van der Waals surface area contributed by atoms with Gasteiger partial charge in [-0.15, -0.1) is 0 Å². The summed E-state index contributed by atoms with van der Waals surface area (Å²) in [6.45, 7) is 26.4. The standard InChI is InChI=1S/C25H25.C13H13.C11H14.2ClH.Zr/c1-14-12-24(3,4)22-8-16-7-17-9-23-19(15(2)13-25(23,5)6)11-21(17)20(16)10-18(14)22;1-10-8-11(2)13(9-10)12-6-4-3-5-7-12;1-9-5-7-10(8-6-9)11(2,3)4;;;/h8-12H,7H2,1-6H3;3-7,9-10H,1-2H3;1,5-8H,2-4H3;2*1H;/q;;;;;+2/p-2. The number of hydrogen-bond acceptors (Lipinski definition) is 0. The van der Waals surface area contributed by atoms with Gasteiger partial charge in [0, 0.05) is 0 Å². The Bertz CT molecular complexity index is 2280. The first-order valence-electron chi connectivity index (χ1n) is 18.6. The third-order valence-electron chi connectivity index (χ3n) is 12.3. The van der Waals surface area contributed by atoms with Gasteiger partial charge in [0.2, 0.25) is 0 Å². The molecule has 4 aromatic rings. The zero-order valence-electron chi connectivity index (χ0n) is 32.8. The van der Waals surface area contributed by atoms with Crippen molar-refractivity contribution in [2.75, 3.05) is 0 Å². The summed E-state index contributed by atoms with van der Waals surface area (Å²) in [6.07, 6.45) is 6.05. The molecule has 52 heavy (non-hydrogen) atoms. The third-order valence-corrected chi connectivity index (χ3v) is 21.1. The molecule has 8 rings (SSSR count). The van der Waals surface area contributed by atoms with Gasteiger partial charge in [0.1, 0.15) is 0 Å². The van der Waals surface area contributed by atoms with Crippen molar-refractivity contribution in [2.24, 2.45) is 5.92 Å². The van der Waals surface area contributed by atoms with E-state index in [1.807, 2.05) is 0 Å². The van der Waals surface area contributed by atoms with E-state index in [2.05, 4.69) is 171 Å². The molecule has 4 aliphatic rings. The monoisotopic (exact) mass is 800 g/mol. The van der Waals surface area contributed by atoms with Crippen molar-refractivity contribution < 1.29 is 46.1 Å². The van der Waals surface area contributed by atoms with Crippen molar-refractivity contribution in [2.45, 2.75) is 98.8 Å². The number of fused-ring (bicyclic) bond motifs is 5. The Morgan fingerprint density at radius 3 is 1.92 bits per heavy atom. The SMILES string of the molecule is CC1=CC(C)(C)c2cc3c(cc21)-c1cc2c(cc1C3)C(C)(C)[C]([Zr+2](=[CH]c1ccc(C(C)(C)C)cc1)[C]1=C(C)C(c3ccccc3)=CC1C)=C2C.[Cl-].[Cl-]. The molecule has 0 N–H and O–H groups in total. The average molecular weight is 803 g/mol. The molecule has 0 aromatic heterocycles. The van der Waals surface area contributed by atoms with Crippen LogP contribution in [0.25, 0.3) is 27.8 Å². The van der Waals surface area contributed by atoms with Crippen LogP contribution in [0.5, 0.6) is 0 Å². The van der Waals surface area contributed by atoms with Gasteiger partial charge in [-0.2, -0.15) is 0 Å². The predicted octanol–water partition coefficient (Wildman–Crippen LogP) is 6.76. The minimum atomic E-state index is -2.65. The first kappa shape index (κ1) is 38.9. The number of hydrogen-bond donors (Lipinski definition) is 0. The van der Waals surface area contributed by atoms with Gasteiger partial charge in [0.05, 0.1) is 0 Å².